The summed E-state index contributed by atoms with van der Waals surface area (Å²) in [4.78, 5) is 29.8. The summed E-state index contributed by atoms with van der Waals surface area (Å²) in [6.07, 6.45) is 4.98. The molecule has 6 heteroatoms. The zero-order valence-electron chi connectivity index (χ0n) is 13.9. The number of hydrogen-bond acceptors (Lipinski definition) is 4. The number of carbonyl (C=O) groups is 2. The van der Waals surface area contributed by atoms with Gasteiger partial charge in [-0.05, 0) is 37.1 Å². The molecule has 1 aliphatic rings. The molecule has 1 saturated heterocycles. The molecular formula is C19H21N3O3. The topological polar surface area (TPSA) is 85.5 Å². The second-order valence-corrected chi connectivity index (χ2v) is 6.17. The van der Waals surface area contributed by atoms with Crippen LogP contribution in [0, 0.1) is 5.92 Å². The van der Waals surface area contributed by atoms with Crippen LogP contribution in [0.15, 0.2) is 48.8 Å². The Morgan fingerprint density at radius 2 is 2.16 bits per heavy atom. The van der Waals surface area contributed by atoms with E-state index < -0.39 is 0 Å². The summed E-state index contributed by atoms with van der Waals surface area (Å²) in [5.41, 5.74) is 6.89. The van der Waals surface area contributed by atoms with Gasteiger partial charge < -0.3 is 15.4 Å². The number of nitrogens with zero attached hydrogens (tertiary/aromatic N) is 2. The van der Waals surface area contributed by atoms with Crippen molar-refractivity contribution >= 4 is 11.8 Å². The van der Waals surface area contributed by atoms with E-state index in [0.717, 1.165) is 18.4 Å². The number of amides is 2. The van der Waals surface area contributed by atoms with E-state index in [9.17, 15) is 9.59 Å². The van der Waals surface area contributed by atoms with Crippen LogP contribution < -0.4 is 10.5 Å². The minimum atomic E-state index is -0.342. The largest absolute Gasteiger partial charge is 0.489 e. The molecule has 2 amide bonds. The highest BCUT2D eigenvalue weighted by atomic mass is 16.5. The number of piperidine rings is 1. The maximum absolute atomic E-state index is 12.7. The fourth-order valence-electron chi connectivity index (χ4n) is 2.95. The van der Waals surface area contributed by atoms with Crippen LogP contribution in [0.4, 0.5) is 0 Å². The summed E-state index contributed by atoms with van der Waals surface area (Å²) in [7, 11) is 0. The van der Waals surface area contributed by atoms with Crippen LogP contribution in [0.2, 0.25) is 0 Å². The third kappa shape index (κ3) is 4.35. The molecule has 1 aromatic carbocycles. The zero-order chi connectivity index (χ0) is 17.6. The van der Waals surface area contributed by atoms with Crippen molar-refractivity contribution in [2.75, 3.05) is 13.1 Å². The molecule has 6 nitrogen and oxygen atoms in total. The van der Waals surface area contributed by atoms with Crippen molar-refractivity contribution in [2.24, 2.45) is 11.7 Å². The highest BCUT2D eigenvalue weighted by Crippen LogP contribution is 2.21. The molecule has 0 bridgehead atoms. The first-order valence-corrected chi connectivity index (χ1v) is 8.34. The van der Waals surface area contributed by atoms with Gasteiger partial charge in [0.1, 0.15) is 12.4 Å². The number of carbonyl (C=O) groups excluding carboxylic acids is 2. The van der Waals surface area contributed by atoms with Crippen molar-refractivity contribution in [3.05, 3.63) is 59.9 Å². The third-order valence-electron chi connectivity index (χ3n) is 4.32. The minimum Gasteiger partial charge on any atom is -0.489 e. The fourth-order valence-corrected chi connectivity index (χ4v) is 2.95. The lowest BCUT2D eigenvalue weighted by molar-refractivity contribution is -0.123. The molecule has 0 radical (unpaired) electrons. The van der Waals surface area contributed by atoms with Gasteiger partial charge in [0.2, 0.25) is 5.91 Å². The SMILES string of the molecule is NC(=O)[C@H]1CCCN(C(=O)c2cccc(OCc3cccnc3)c2)C1. The molecule has 3 rings (SSSR count). The number of hydrogen-bond donors (Lipinski definition) is 1. The summed E-state index contributed by atoms with van der Waals surface area (Å²) < 4.78 is 5.74. The molecule has 25 heavy (non-hydrogen) atoms. The summed E-state index contributed by atoms with van der Waals surface area (Å²) in [5, 5.41) is 0. The van der Waals surface area contributed by atoms with Gasteiger partial charge in [-0.3, -0.25) is 14.6 Å². The van der Waals surface area contributed by atoms with Crippen LogP contribution in [-0.4, -0.2) is 34.8 Å². The first-order valence-electron chi connectivity index (χ1n) is 8.34. The number of nitrogens with two attached hydrogens (primary N) is 1. The first-order chi connectivity index (χ1) is 12.1. The molecule has 2 heterocycles. The van der Waals surface area contributed by atoms with Crippen molar-refractivity contribution in [3.8, 4) is 5.75 Å². The molecule has 0 spiro atoms. The highest BCUT2D eigenvalue weighted by Gasteiger charge is 2.27. The fraction of sp³-hybridized carbons (Fsp3) is 0.316. The molecule has 130 valence electrons. The lowest BCUT2D eigenvalue weighted by Crippen LogP contribution is -2.44. The lowest BCUT2D eigenvalue weighted by atomic mass is 9.97. The van der Waals surface area contributed by atoms with Crippen LogP contribution in [0.25, 0.3) is 0 Å². The van der Waals surface area contributed by atoms with Crippen molar-refractivity contribution in [1.29, 1.82) is 0 Å². The number of likely N-dealkylation sites (tertiary alicyclic amines) is 1. The van der Waals surface area contributed by atoms with E-state index in [1.807, 2.05) is 18.2 Å². The molecule has 0 saturated carbocycles. The Bertz CT molecular complexity index is 749. The third-order valence-corrected chi connectivity index (χ3v) is 4.32. The predicted octanol–water partition coefficient (Wildman–Crippen LogP) is 2.00. The van der Waals surface area contributed by atoms with Gasteiger partial charge in [0.25, 0.3) is 5.91 Å². The van der Waals surface area contributed by atoms with Gasteiger partial charge >= 0.3 is 0 Å². The molecule has 1 fully saturated rings. The van der Waals surface area contributed by atoms with Gasteiger partial charge in [-0.15, -0.1) is 0 Å². The maximum Gasteiger partial charge on any atom is 0.254 e. The van der Waals surface area contributed by atoms with Gasteiger partial charge in [0.05, 0.1) is 5.92 Å². The Labute approximate surface area is 146 Å². The molecule has 2 N–H and O–H groups in total. The van der Waals surface area contributed by atoms with E-state index in [2.05, 4.69) is 4.98 Å². The van der Waals surface area contributed by atoms with Gasteiger partial charge in [0, 0.05) is 36.6 Å². The van der Waals surface area contributed by atoms with Crippen molar-refractivity contribution < 1.29 is 14.3 Å². The zero-order valence-corrected chi connectivity index (χ0v) is 13.9. The van der Waals surface area contributed by atoms with E-state index in [-0.39, 0.29) is 17.7 Å². The van der Waals surface area contributed by atoms with Crippen LogP contribution in [0.3, 0.4) is 0 Å². The summed E-state index contributed by atoms with van der Waals surface area (Å²) in [6, 6.07) is 10.9. The molecule has 1 aromatic heterocycles. The number of primary amides is 1. The van der Waals surface area contributed by atoms with Crippen molar-refractivity contribution in [2.45, 2.75) is 19.4 Å². The Morgan fingerprint density at radius 3 is 2.92 bits per heavy atom. The number of aromatic nitrogens is 1. The normalized spacial score (nSPS) is 17.1. The average Bonchev–Trinajstić information content (AvgIpc) is 2.67. The standard InChI is InChI=1S/C19H21N3O3/c20-18(23)16-6-3-9-22(12-16)19(24)15-5-1-7-17(10-15)25-13-14-4-2-8-21-11-14/h1-2,4-5,7-8,10-11,16H,3,6,9,12-13H2,(H2,20,23)/t16-/m0/s1. The second-order valence-electron chi connectivity index (χ2n) is 6.17. The van der Waals surface area contributed by atoms with Crippen LogP contribution >= 0.6 is 0 Å². The number of pyridine rings is 1. The smallest absolute Gasteiger partial charge is 0.254 e. The van der Waals surface area contributed by atoms with Crippen molar-refractivity contribution in [3.63, 3.8) is 0 Å². The van der Waals surface area contributed by atoms with Gasteiger partial charge in [-0.1, -0.05) is 12.1 Å². The highest BCUT2D eigenvalue weighted by molar-refractivity contribution is 5.95. The Morgan fingerprint density at radius 1 is 1.28 bits per heavy atom. The molecule has 1 aliphatic heterocycles. The Balaban J connectivity index is 1.66. The van der Waals surface area contributed by atoms with Crippen LogP contribution in [-0.2, 0) is 11.4 Å². The first kappa shape index (κ1) is 17.0. The Hall–Kier alpha value is -2.89. The van der Waals surface area contributed by atoms with E-state index in [1.165, 1.54) is 0 Å². The molecule has 0 aliphatic carbocycles. The molecular weight excluding hydrogens is 318 g/mol. The summed E-state index contributed by atoms with van der Waals surface area (Å²) >= 11 is 0. The predicted molar refractivity (Wildman–Crippen MR) is 92.8 cm³/mol. The Kier molecular flexibility index (Phi) is 5.28. The van der Waals surface area contributed by atoms with Gasteiger partial charge in [0.15, 0.2) is 0 Å². The van der Waals surface area contributed by atoms with E-state index in [4.69, 9.17) is 10.5 Å². The van der Waals surface area contributed by atoms with Gasteiger partial charge in [-0.25, -0.2) is 0 Å². The minimum absolute atomic E-state index is 0.0993. The monoisotopic (exact) mass is 339 g/mol. The number of rotatable bonds is 5. The van der Waals surface area contributed by atoms with E-state index in [0.29, 0.717) is 31.0 Å². The number of benzene rings is 1. The van der Waals surface area contributed by atoms with Crippen LogP contribution in [0.5, 0.6) is 5.75 Å². The summed E-state index contributed by atoms with van der Waals surface area (Å²) in [6.45, 7) is 1.41. The van der Waals surface area contributed by atoms with E-state index in [1.54, 1.807) is 35.5 Å². The van der Waals surface area contributed by atoms with Crippen LogP contribution in [0.1, 0.15) is 28.8 Å². The number of ether oxygens (including phenoxy) is 1. The molecule has 1 atom stereocenters. The second kappa shape index (κ2) is 7.79. The van der Waals surface area contributed by atoms with E-state index >= 15 is 0 Å². The maximum atomic E-state index is 12.7. The average molecular weight is 339 g/mol. The quantitative estimate of drug-likeness (QED) is 0.903. The van der Waals surface area contributed by atoms with Crippen molar-refractivity contribution in [1.82, 2.24) is 9.88 Å². The van der Waals surface area contributed by atoms with Gasteiger partial charge in [-0.2, -0.15) is 0 Å². The molecule has 2 aromatic rings. The molecule has 0 unspecified atom stereocenters. The summed E-state index contributed by atoms with van der Waals surface area (Å²) in [5.74, 6) is -0.0790. The lowest BCUT2D eigenvalue weighted by Gasteiger charge is -2.31.